The minimum absolute atomic E-state index is 0.0447. The summed E-state index contributed by atoms with van der Waals surface area (Å²) in [5, 5.41) is 3.84. The molecule has 0 aliphatic heterocycles. The molecule has 7 heteroatoms. The molecule has 1 heterocycles. The fourth-order valence-corrected chi connectivity index (χ4v) is 1.07. The van der Waals surface area contributed by atoms with Gasteiger partial charge in [0, 0.05) is 20.0 Å². The van der Waals surface area contributed by atoms with Gasteiger partial charge >= 0.3 is 0 Å². The van der Waals surface area contributed by atoms with Crippen LogP contribution < -0.4 is 5.73 Å². The van der Waals surface area contributed by atoms with Crippen LogP contribution in [0.25, 0.3) is 0 Å². The first-order valence-corrected chi connectivity index (χ1v) is 4.85. The van der Waals surface area contributed by atoms with Gasteiger partial charge in [0.2, 0.25) is 5.91 Å². The molecule has 1 rings (SSSR count). The fraction of sp³-hybridized carbons (Fsp3) is 0.500. The average molecular weight is 227 g/mol. The summed E-state index contributed by atoms with van der Waals surface area (Å²) in [6.07, 6.45) is 3.43. The first-order chi connectivity index (χ1) is 7.09. The van der Waals surface area contributed by atoms with Gasteiger partial charge in [-0.2, -0.15) is 5.10 Å². The van der Waals surface area contributed by atoms with Crippen molar-refractivity contribution in [1.29, 1.82) is 0 Å². The van der Waals surface area contributed by atoms with E-state index in [1.54, 1.807) is 11.9 Å². The fourth-order valence-electron chi connectivity index (χ4n) is 0.976. The quantitative estimate of drug-likeness (QED) is 0.680. The molecule has 0 spiro atoms. The number of aromatic nitrogens is 3. The third-order valence-corrected chi connectivity index (χ3v) is 2.09. The summed E-state index contributed by atoms with van der Waals surface area (Å²) >= 11 is 4.73. The summed E-state index contributed by atoms with van der Waals surface area (Å²) in [5.74, 6) is -0.0447. The minimum Gasteiger partial charge on any atom is -0.393 e. The predicted molar refractivity (Wildman–Crippen MR) is 59.1 cm³/mol. The number of thiocarbonyl (C=S) groups is 1. The van der Waals surface area contributed by atoms with E-state index in [1.807, 2.05) is 0 Å². The van der Waals surface area contributed by atoms with Crippen molar-refractivity contribution in [3.8, 4) is 0 Å². The number of hydrogen-bond acceptors (Lipinski definition) is 4. The van der Waals surface area contributed by atoms with E-state index < -0.39 is 0 Å². The molecule has 0 bridgehead atoms. The van der Waals surface area contributed by atoms with Crippen molar-refractivity contribution in [2.24, 2.45) is 5.73 Å². The van der Waals surface area contributed by atoms with Gasteiger partial charge in [-0.15, -0.1) is 0 Å². The Morgan fingerprint density at radius 3 is 2.93 bits per heavy atom. The van der Waals surface area contributed by atoms with E-state index in [4.69, 9.17) is 18.0 Å². The topological polar surface area (TPSA) is 77.0 Å². The van der Waals surface area contributed by atoms with Gasteiger partial charge in [0.15, 0.2) is 0 Å². The van der Waals surface area contributed by atoms with E-state index in [2.05, 4.69) is 10.1 Å². The molecule has 6 nitrogen and oxygen atoms in total. The SMILES string of the molecule is CN(CCC(N)=S)C(=O)Cn1cncn1. The average Bonchev–Trinajstić information content (AvgIpc) is 2.66. The van der Waals surface area contributed by atoms with Crippen molar-refractivity contribution < 1.29 is 4.79 Å². The summed E-state index contributed by atoms with van der Waals surface area (Å²) in [7, 11) is 1.71. The maximum absolute atomic E-state index is 11.6. The molecule has 0 radical (unpaired) electrons. The lowest BCUT2D eigenvalue weighted by atomic mass is 10.4. The molecule has 15 heavy (non-hydrogen) atoms. The van der Waals surface area contributed by atoms with Crippen LogP contribution in [-0.2, 0) is 11.3 Å². The molecule has 1 aromatic heterocycles. The van der Waals surface area contributed by atoms with E-state index in [9.17, 15) is 4.79 Å². The molecule has 0 aliphatic rings. The molecular weight excluding hydrogens is 214 g/mol. The van der Waals surface area contributed by atoms with Crippen molar-refractivity contribution in [2.45, 2.75) is 13.0 Å². The highest BCUT2D eigenvalue weighted by atomic mass is 32.1. The Balaban J connectivity index is 2.36. The van der Waals surface area contributed by atoms with Crippen molar-refractivity contribution >= 4 is 23.1 Å². The number of carbonyl (C=O) groups is 1. The Morgan fingerprint density at radius 1 is 1.67 bits per heavy atom. The summed E-state index contributed by atoms with van der Waals surface area (Å²) in [6, 6.07) is 0. The molecule has 0 aliphatic carbocycles. The second kappa shape index (κ2) is 5.40. The van der Waals surface area contributed by atoms with Gasteiger partial charge in [0.1, 0.15) is 19.2 Å². The third kappa shape index (κ3) is 4.03. The second-order valence-electron chi connectivity index (χ2n) is 3.12. The molecule has 82 valence electrons. The normalized spacial score (nSPS) is 9.93. The molecule has 1 amide bonds. The van der Waals surface area contributed by atoms with Crippen LogP contribution >= 0.6 is 12.2 Å². The number of nitrogens with two attached hydrogens (primary N) is 1. The molecule has 0 fully saturated rings. The minimum atomic E-state index is -0.0447. The Kier molecular flexibility index (Phi) is 4.17. The smallest absolute Gasteiger partial charge is 0.244 e. The zero-order valence-electron chi connectivity index (χ0n) is 8.46. The second-order valence-corrected chi connectivity index (χ2v) is 3.65. The van der Waals surface area contributed by atoms with E-state index >= 15 is 0 Å². The number of amides is 1. The van der Waals surface area contributed by atoms with E-state index in [0.29, 0.717) is 18.0 Å². The zero-order valence-corrected chi connectivity index (χ0v) is 9.28. The number of nitrogens with zero attached hydrogens (tertiary/aromatic N) is 4. The van der Waals surface area contributed by atoms with Gasteiger partial charge in [-0.05, 0) is 0 Å². The van der Waals surface area contributed by atoms with Crippen molar-refractivity contribution in [3.63, 3.8) is 0 Å². The van der Waals surface area contributed by atoms with Gasteiger partial charge in [0.05, 0.1) is 4.99 Å². The molecule has 0 aromatic carbocycles. The van der Waals surface area contributed by atoms with E-state index in [-0.39, 0.29) is 12.5 Å². The first-order valence-electron chi connectivity index (χ1n) is 4.44. The number of rotatable bonds is 5. The van der Waals surface area contributed by atoms with Crippen LogP contribution in [0.1, 0.15) is 6.42 Å². The van der Waals surface area contributed by atoms with Crippen molar-refractivity contribution in [1.82, 2.24) is 19.7 Å². The molecular formula is C8H13N5OS. The van der Waals surface area contributed by atoms with Gasteiger partial charge in [0.25, 0.3) is 0 Å². The Labute approximate surface area is 93.1 Å². The summed E-state index contributed by atoms with van der Waals surface area (Å²) < 4.78 is 1.47. The highest BCUT2D eigenvalue weighted by Crippen LogP contribution is 1.92. The summed E-state index contributed by atoms with van der Waals surface area (Å²) in [5.41, 5.74) is 5.34. The molecule has 2 N–H and O–H groups in total. The van der Waals surface area contributed by atoms with Crippen LogP contribution in [0, 0.1) is 0 Å². The van der Waals surface area contributed by atoms with Crippen molar-refractivity contribution in [3.05, 3.63) is 12.7 Å². The Morgan fingerprint density at radius 2 is 2.40 bits per heavy atom. The van der Waals surface area contributed by atoms with Crippen LogP contribution in [0.4, 0.5) is 0 Å². The standard InChI is InChI=1S/C8H13N5OS/c1-12(3-2-7(9)15)8(14)4-13-6-10-5-11-13/h5-6H,2-4H2,1H3,(H2,9,15). The largest absolute Gasteiger partial charge is 0.393 e. The van der Waals surface area contributed by atoms with Gasteiger partial charge in [-0.3, -0.25) is 4.79 Å². The lowest BCUT2D eigenvalue weighted by molar-refractivity contribution is -0.130. The Hall–Kier alpha value is -1.50. The van der Waals surface area contributed by atoms with Gasteiger partial charge in [-0.1, -0.05) is 12.2 Å². The van der Waals surface area contributed by atoms with Crippen LogP contribution in [0.15, 0.2) is 12.7 Å². The van der Waals surface area contributed by atoms with Gasteiger partial charge < -0.3 is 10.6 Å². The zero-order chi connectivity index (χ0) is 11.3. The van der Waals surface area contributed by atoms with E-state index in [0.717, 1.165) is 0 Å². The summed E-state index contributed by atoms with van der Waals surface area (Å²) in [4.78, 5) is 17.3. The number of carbonyl (C=O) groups excluding carboxylic acids is 1. The molecule has 1 aromatic rings. The lowest BCUT2D eigenvalue weighted by Crippen LogP contribution is -2.32. The Bertz CT molecular complexity index is 337. The number of likely N-dealkylation sites (N-methyl/N-ethyl adjacent to an activating group) is 1. The van der Waals surface area contributed by atoms with Crippen LogP contribution in [0.3, 0.4) is 0 Å². The highest BCUT2D eigenvalue weighted by Gasteiger charge is 2.09. The monoisotopic (exact) mass is 227 g/mol. The molecule has 0 atom stereocenters. The summed E-state index contributed by atoms with van der Waals surface area (Å²) in [6.45, 7) is 0.719. The van der Waals surface area contributed by atoms with Crippen molar-refractivity contribution in [2.75, 3.05) is 13.6 Å². The predicted octanol–water partition coefficient (Wildman–Crippen LogP) is -0.587. The molecule has 0 saturated carbocycles. The van der Waals surface area contributed by atoms with E-state index in [1.165, 1.54) is 17.3 Å². The lowest BCUT2D eigenvalue weighted by Gasteiger charge is -2.16. The van der Waals surface area contributed by atoms with Crippen LogP contribution in [0.5, 0.6) is 0 Å². The maximum Gasteiger partial charge on any atom is 0.244 e. The van der Waals surface area contributed by atoms with Crippen LogP contribution in [0.2, 0.25) is 0 Å². The van der Waals surface area contributed by atoms with Crippen LogP contribution in [-0.4, -0.2) is 44.2 Å². The molecule has 0 unspecified atom stereocenters. The maximum atomic E-state index is 11.6. The third-order valence-electron chi connectivity index (χ3n) is 1.88. The first kappa shape index (κ1) is 11.6. The highest BCUT2D eigenvalue weighted by molar-refractivity contribution is 7.80. The number of hydrogen-bond donors (Lipinski definition) is 1. The van der Waals surface area contributed by atoms with Gasteiger partial charge in [-0.25, -0.2) is 9.67 Å². The molecule has 0 saturated heterocycles.